The number of nitrogens with one attached hydrogen (secondary N) is 1. The Morgan fingerprint density at radius 1 is 1.50 bits per heavy atom. The van der Waals surface area contributed by atoms with E-state index >= 15 is 0 Å². The number of amides is 2. The first-order valence-electron chi connectivity index (χ1n) is 5.87. The maximum Gasteiger partial charge on any atom is 0.408 e. The Morgan fingerprint density at radius 2 is 2.20 bits per heavy atom. The van der Waals surface area contributed by atoms with Gasteiger partial charge in [-0.2, -0.15) is 0 Å². The van der Waals surface area contributed by atoms with E-state index in [1.54, 1.807) is 6.08 Å². The second-order valence-electron chi connectivity index (χ2n) is 4.10. The van der Waals surface area contributed by atoms with Crippen molar-refractivity contribution in [2.45, 2.75) is 18.4 Å². The molecule has 0 aromatic carbocycles. The van der Waals surface area contributed by atoms with Crippen LogP contribution >= 0.6 is 0 Å². The quantitative estimate of drug-likeness (QED) is 0.580. The predicted octanol–water partition coefficient (Wildman–Crippen LogP) is 0.0235. The molecule has 0 radical (unpaired) electrons. The van der Waals surface area contributed by atoms with Gasteiger partial charge in [0.05, 0.1) is 20.8 Å². The Bertz CT molecular complexity index is 480. The van der Waals surface area contributed by atoms with Gasteiger partial charge in [0, 0.05) is 12.6 Å². The lowest BCUT2D eigenvalue weighted by molar-refractivity contribution is -0.147. The molecule has 0 aliphatic carbocycles. The molecule has 1 rings (SSSR count). The van der Waals surface area contributed by atoms with E-state index in [0.29, 0.717) is 12.8 Å². The molecule has 0 aromatic rings. The summed E-state index contributed by atoms with van der Waals surface area (Å²) in [5, 5.41) is 2.25. The highest BCUT2D eigenvalue weighted by molar-refractivity contribution is 5.90. The highest BCUT2D eigenvalue weighted by atomic mass is 16.5. The fraction of sp³-hybridized carbons (Fsp3) is 0.462. The molecule has 20 heavy (non-hydrogen) atoms. The minimum absolute atomic E-state index is 0.192. The maximum absolute atomic E-state index is 11.9. The number of hydrogen-bond donors (Lipinski definition) is 1. The molecule has 0 spiro atoms. The minimum Gasteiger partial charge on any atom is -0.466 e. The Labute approximate surface area is 116 Å². The molecule has 1 heterocycles. The maximum atomic E-state index is 11.9. The lowest BCUT2D eigenvalue weighted by Gasteiger charge is -2.32. The normalized spacial score (nSPS) is 16.9. The van der Waals surface area contributed by atoms with Crippen molar-refractivity contribution in [1.29, 1.82) is 0 Å². The van der Waals surface area contributed by atoms with Gasteiger partial charge in [0.25, 0.3) is 0 Å². The molecule has 108 valence electrons. The zero-order valence-electron chi connectivity index (χ0n) is 11.3. The van der Waals surface area contributed by atoms with Crippen LogP contribution in [0.4, 0.5) is 4.79 Å². The van der Waals surface area contributed by atoms with Gasteiger partial charge < -0.3 is 14.4 Å². The van der Waals surface area contributed by atoms with Gasteiger partial charge in [0.15, 0.2) is 0 Å². The summed E-state index contributed by atoms with van der Waals surface area (Å²) >= 11 is 0. The number of carbonyl (C=O) groups is 3. The summed E-state index contributed by atoms with van der Waals surface area (Å²) in [4.78, 5) is 36.3. The monoisotopic (exact) mass is 280 g/mol. The van der Waals surface area contributed by atoms with Gasteiger partial charge in [-0.05, 0) is 6.42 Å². The van der Waals surface area contributed by atoms with Gasteiger partial charge in [0.1, 0.15) is 0 Å². The van der Waals surface area contributed by atoms with E-state index in [-0.39, 0.29) is 12.5 Å². The number of allylic oxidation sites excluding steroid dienone is 1. The van der Waals surface area contributed by atoms with Crippen LogP contribution in [0.5, 0.6) is 0 Å². The van der Waals surface area contributed by atoms with Crippen LogP contribution in [-0.4, -0.2) is 49.2 Å². The van der Waals surface area contributed by atoms with E-state index in [2.05, 4.69) is 20.7 Å². The molecule has 7 heteroatoms. The molecule has 0 saturated carbocycles. The fourth-order valence-electron chi connectivity index (χ4n) is 1.73. The fourth-order valence-corrected chi connectivity index (χ4v) is 1.73. The van der Waals surface area contributed by atoms with E-state index in [0.717, 1.165) is 14.2 Å². The largest absolute Gasteiger partial charge is 0.466 e. The molecule has 0 saturated heterocycles. The van der Waals surface area contributed by atoms with Crippen LogP contribution in [0.1, 0.15) is 12.8 Å². The number of alkyl carbamates (subject to hydrolysis) is 1. The summed E-state index contributed by atoms with van der Waals surface area (Å²) in [6.07, 6.45) is 8.73. The van der Waals surface area contributed by atoms with Crippen molar-refractivity contribution in [1.82, 2.24) is 10.2 Å². The zero-order chi connectivity index (χ0) is 15.2. The molecule has 2 amide bonds. The van der Waals surface area contributed by atoms with E-state index < -0.39 is 17.6 Å². The predicted molar refractivity (Wildman–Crippen MR) is 69.2 cm³/mol. The average Bonchev–Trinajstić information content (AvgIpc) is 2.47. The first kappa shape index (κ1) is 15.6. The van der Waals surface area contributed by atoms with Crippen LogP contribution in [-0.2, 0) is 19.1 Å². The SMILES string of the molecule is C#CC(CN1C=CCCC1=O)(NC(=O)OC)C(=O)OC. The van der Waals surface area contributed by atoms with Gasteiger partial charge in [-0.25, -0.2) is 9.59 Å². The Hall–Kier alpha value is -2.49. The van der Waals surface area contributed by atoms with Gasteiger partial charge in [-0.3, -0.25) is 10.1 Å². The minimum atomic E-state index is -1.79. The first-order chi connectivity index (χ1) is 9.49. The molecule has 1 N–H and O–H groups in total. The van der Waals surface area contributed by atoms with Gasteiger partial charge in [-0.1, -0.05) is 12.0 Å². The lowest BCUT2D eigenvalue weighted by Crippen LogP contribution is -2.60. The number of nitrogens with zero attached hydrogens (tertiary/aromatic N) is 1. The average molecular weight is 280 g/mol. The van der Waals surface area contributed by atoms with E-state index in [1.807, 2.05) is 0 Å². The number of esters is 1. The molecule has 1 aliphatic rings. The van der Waals surface area contributed by atoms with Crippen LogP contribution in [0, 0.1) is 12.3 Å². The smallest absolute Gasteiger partial charge is 0.408 e. The van der Waals surface area contributed by atoms with Gasteiger partial charge >= 0.3 is 12.1 Å². The van der Waals surface area contributed by atoms with Crippen molar-refractivity contribution in [2.75, 3.05) is 20.8 Å². The van der Waals surface area contributed by atoms with Gasteiger partial charge in [0.2, 0.25) is 11.4 Å². The van der Waals surface area contributed by atoms with Crippen LogP contribution < -0.4 is 5.32 Å². The second kappa shape index (κ2) is 6.61. The number of terminal acetylenes is 1. The van der Waals surface area contributed by atoms with Crippen molar-refractivity contribution in [3.63, 3.8) is 0 Å². The van der Waals surface area contributed by atoms with Crippen LogP contribution in [0.15, 0.2) is 12.3 Å². The second-order valence-corrected chi connectivity index (χ2v) is 4.10. The lowest BCUT2D eigenvalue weighted by atomic mass is 9.99. The number of ether oxygens (including phenoxy) is 2. The Kier molecular flexibility index (Phi) is 5.15. The highest BCUT2D eigenvalue weighted by Crippen LogP contribution is 2.15. The molecule has 1 unspecified atom stereocenters. The van der Waals surface area contributed by atoms with Crippen LogP contribution in [0.2, 0.25) is 0 Å². The Morgan fingerprint density at radius 3 is 2.70 bits per heavy atom. The van der Waals surface area contributed by atoms with Crippen molar-refractivity contribution in [3.05, 3.63) is 12.3 Å². The number of hydrogen-bond acceptors (Lipinski definition) is 5. The Balaban J connectivity index is 3.03. The molecule has 0 fully saturated rings. The van der Waals surface area contributed by atoms with Crippen LogP contribution in [0.25, 0.3) is 0 Å². The molecule has 0 aromatic heterocycles. The highest BCUT2D eigenvalue weighted by Gasteiger charge is 2.42. The van der Waals surface area contributed by atoms with E-state index in [1.165, 1.54) is 11.1 Å². The van der Waals surface area contributed by atoms with E-state index in [9.17, 15) is 14.4 Å². The van der Waals surface area contributed by atoms with E-state index in [4.69, 9.17) is 6.42 Å². The third-order valence-corrected chi connectivity index (χ3v) is 2.82. The van der Waals surface area contributed by atoms with Crippen molar-refractivity contribution >= 4 is 18.0 Å². The summed E-state index contributed by atoms with van der Waals surface area (Å²) in [7, 11) is 2.28. The third kappa shape index (κ3) is 3.29. The summed E-state index contributed by atoms with van der Waals surface area (Å²) in [5.41, 5.74) is -1.79. The summed E-state index contributed by atoms with van der Waals surface area (Å²) in [6, 6.07) is 0. The molecule has 7 nitrogen and oxygen atoms in total. The molecule has 1 atom stereocenters. The zero-order valence-corrected chi connectivity index (χ0v) is 11.3. The molecule has 1 aliphatic heterocycles. The summed E-state index contributed by atoms with van der Waals surface area (Å²) < 4.78 is 9.06. The third-order valence-electron chi connectivity index (χ3n) is 2.82. The molecule has 0 bridgehead atoms. The standard InChI is InChI=1S/C13H16N2O5/c1-4-13(11(17)19-2,14-12(18)20-3)9-15-8-6-5-7-10(15)16/h1,6,8H,5,7,9H2,2-3H3,(H,14,18). The summed E-state index contributed by atoms with van der Waals surface area (Å²) in [6.45, 7) is -0.222. The molecular weight excluding hydrogens is 264 g/mol. The van der Waals surface area contributed by atoms with Crippen LogP contribution in [0.3, 0.4) is 0 Å². The molecular formula is C13H16N2O5. The summed E-state index contributed by atoms with van der Waals surface area (Å²) in [5.74, 6) is 1.14. The van der Waals surface area contributed by atoms with Gasteiger partial charge in [-0.15, -0.1) is 6.42 Å². The van der Waals surface area contributed by atoms with Crippen molar-refractivity contribution in [3.8, 4) is 12.3 Å². The topological polar surface area (TPSA) is 84.9 Å². The van der Waals surface area contributed by atoms with Crippen molar-refractivity contribution < 1.29 is 23.9 Å². The number of carbonyl (C=O) groups excluding carboxylic acids is 3. The van der Waals surface area contributed by atoms with Crippen molar-refractivity contribution in [2.24, 2.45) is 0 Å². The first-order valence-corrected chi connectivity index (χ1v) is 5.87. The number of methoxy groups -OCH3 is 2. The number of rotatable bonds is 4.